The molecule has 1 heterocycles. The smallest absolute Gasteiger partial charge is 0.314 e. The second-order valence-electron chi connectivity index (χ2n) is 6.31. The molecule has 0 atom stereocenters. The molecule has 140 valence electrons. The van der Waals surface area contributed by atoms with E-state index in [9.17, 15) is 14.4 Å². The van der Waals surface area contributed by atoms with Crippen molar-refractivity contribution in [2.24, 2.45) is 0 Å². The maximum atomic E-state index is 12.1. The highest BCUT2D eigenvalue weighted by Gasteiger charge is 2.25. The van der Waals surface area contributed by atoms with Gasteiger partial charge in [-0.1, -0.05) is 17.7 Å². The van der Waals surface area contributed by atoms with E-state index < -0.39 is 11.8 Å². The van der Waals surface area contributed by atoms with Crippen molar-refractivity contribution in [1.29, 1.82) is 0 Å². The number of methoxy groups -OCH3 is 1. The number of benzene rings is 2. The highest BCUT2D eigenvalue weighted by Crippen LogP contribution is 2.33. The van der Waals surface area contributed by atoms with E-state index in [2.05, 4.69) is 10.6 Å². The SMILES string of the molecule is COc1cc(NC(=O)C(=O)Nc2ccc(C)cc2)ccc1N1CCCC1=O. The third-order valence-electron chi connectivity index (χ3n) is 4.32. The average Bonchev–Trinajstić information content (AvgIpc) is 3.09. The molecule has 7 heteroatoms. The number of nitrogens with zero attached hydrogens (tertiary/aromatic N) is 1. The number of carbonyl (C=O) groups is 3. The lowest BCUT2D eigenvalue weighted by Gasteiger charge is -2.19. The highest BCUT2D eigenvalue weighted by atomic mass is 16.5. The van der Waals surface area contributed by atoms with E-state index in [4.69, 9.17) is 4.74 Å². The minimum atomic E-state index is -0.789. The molecule has 7 nitrogen and oxygen atoms in total. The van der Waals surface area contributed by atoms with Crippen LogP contribution in [0.15, 0.2) is 42.5 Å². The topological polar surface area (TPSA) is 87.7 Å². The molecule has 0 spiro atoms. The number of aryl methyl sites for hydroxylation is 1. The van der Waals surface area contributed by atoms with E-state index in [1.54, 1.807) is 35.2 Å². The summed E-state index contributed by atoms with van der Waals surface area (Å²) in [7, 11) is 1.50. The van der Waals surface area contributed by atoms with Gasteiger partial charge in [-0.05, 0) is 37.6 Å². The van der Waals surface area contributed by atoms with Crippen LogP contribution < -0.4 is 20.3 Å². The van der Waals surface area contributed by atoms with E-state index in [0.717, 1.165) is 12.0 Å². The van der Waals surface area contributed by atoms with Crippen LogP contribution in [0.25, 0.3) is 0 Å². The van der Waals surface area contributed by atoms with Crippen molar-refractivity contribution in [1.82, 2.24) is 0 Å². The van der Waals surface area contributed by atoms with E-state index in [1.165, 1.54) is 7.11 Å². The zero-order valence-corrected chi connectivity index (χ0v) is 15.2. The molecule has 1 aliphatic rings. The lowest BCUT2D eigenvalue weighted by Crippen LogP contribution is -2.29. The van der Waals surface area contributed by atoms with E-state index in [-0.39, 0.29) is 5.91 Å². The number of carbonyl (C=O) groups excluding carboxylic acids is 3. The molecule has 0 saturated carbocycles. The van der Waals surface area contributed by atoms with Crippen LogP contribution in [0.3, 0.4) is 0 Å². The van der Waals surface area contributed by atoms with Gasteiger partial charge in [0, 0.05) is 30.4 Å². The number of anilines is 3. The van der Waals surface area contributed by atoms with Crippen LogP contribution >= 0.6 is 0 Å². The zero-order chi connectivity index (χ0) is 19.4. The quantitative estimate of drug-likeness (QED) is 0.814. The number of hydrogen-bond donors (Lipinski definition) is 2. The van der Waals surface area contributed by atoms with Crippen LogP contribution in [-0.4, -0.2) is 31.4 Å². The molecule has 0 radical (unpaired) electrons. The Bertz CT molecular complexity index is 877. The molecule has 3 rings (SSSR count). The van der Waals surface area contributed by atoms with Gasteiger partial charge in [0.05, 0.1) is 12.8 Å². The van der Waals surface area contributed by atoms with Gasteiger partial charge in [-0.25, -0.2) is 0 Å². The fourth-order valence-electron chi connectivity index (χ4n) is 2.89. The molecule has 0 unspecified atom stereocenters. The molecule has 2 aromatic rings. The largest absolute Gasteiger partial charge is 0.494 e. The summed E-state index contributed by atoms with van der Waals surface area (Å²) in [5, 5.41) is 5.09. The summed E-state index contributed by atoms with van der Waals surface area (Å²) >= 11 is 0. The normalized spacial score (nSPS) is 13.4. The van der Waals surface area contributed by atoms with Crippen molar-refractivity contribution in [2.75, 3.05) is 29.2 Å². The minimum Gasteiger partial charge on any atom is -0.494 e. The first-order valence-corrected chi connectivity index (χ1v) is 8.65. The van der Waals surface area contributed by atoms with E-state index in [1.807, 2.05) is 19.1 Å². The number of nitrogens with one attached hydrogen (secondary N) is 2. The molecule has 0 aromatic heterocycles. The molecule has 1 aliphatic heterocycles. The van der Waals surface area contributed by atoms with Gasteiger partial charge < -0.3 is 20.3 Å². The van der Waals surface area contributed by atoms with Crippen molar-refractivity contribution in [3.8, 4) is 5.75 Å². The maximum absolute atomic E-state index is 12.1. The Morgan fingerprint density at radius 2 is 1.63 bits per heavy atom. The van der Waals surface area contributed by atoms with Gasteiger partial charge in [0.25, 0.3) is 0 Å². The third-order valence-corrected chi connectivity index (χ3v) is 4.32. The van der Waals surface area contributed by atoms with Gasteiger partial charge in [0.2, 0.25) is 5.91 Å². The molecule has 2 aromatic carbocycles. The molecule has 1 saturated heterocycles. The molecule has 3 amide bonds. The van der Waals surface area contributed by atoms with E-state index in [0.29, 0.717) is 35.8 Å². The van der Waals surface area contributed by atoms with Gasteiger partial charge in [-0.3, -0.25) is 14.4 Å². The summed E-state index contributed by atoms with van der Waals surface area (Å²) in [4.78, 5) is 37.8. The summed E-state index contributed by atoms with van der Waals surface area (Å²) < 4.78 is 5.35. The standard InChI is InChI=1S/C20H21N3O4/c1-13-5-7-14(8-6-13)21-19(25)20(26)22-15-9-10-16(17(12-15)27-2)23-11-3-4-18(23)24/h5-10,12H,3-4,11H2,1-2H3,(H,21,25)(H,22,26). The predicted molar refractivity (Wildman–Crippen MR) is 103 cm³/mol. The first-order valence-electron chi connectivity index (χ1n) is 8.65. The first-order chi connectivity index (χ1) is 13.0. The second-order valence-corrected chi connectivity index (χ2v) is 6.31. The summed E-state index contributed by atoms with van der Waals surface area (Å²) in [6, 6.07) is 12.1. The first kappa shape index (κ1) is 18.4. The highest BCUT2D eigenvalue weighted by molar-refractivity contribution is 6.43. The molecule has 0 aliphatic carbocycles. The number of amides is 3. The monoisotopic (exact) mass is 367 g/mol. The summed E-state index contributed by atoms with van der Waals surface area (Å²) in [5.74, 6) is -1.05. The van der Waals surface area contributed by atoms with Crippen molar-refractivity contribution in [3.63, 3.8) is 0 Å². The van der Waals surface area contributed by atoms with Crippen LogP contribution in [0.1, 0.15) is 18.4 Å². The molecular weight excluding hydrogens is 346 g/mol. The van der Waals surface area contributed by atoms with Crippen molar-refractivity contribution in [3.05, 3.63) is 48.0 Å². The summed E-state index contributed by atoms with van der Waals surface area (Å²) in [6.07, 6.45) is 1.32. The summed E-state index contributed by atoms with van der Waals surface area (Å²) in [6.45, 7) is 2.57. The van der Waals surface area contributed by atoms with Gasteiger partial charge in [0.1, 0.15) is 5.75 Å². The Labute approximate surface area is 157 Å². The van der Waals surface area contributed by atoms with Crippen molar-refractivity contribution in [2.45, 2.75) is 19.8 Å². The molecule has 1 fully saturated rings. The number of rotatable bonds is 4. The molecule has 0 bridgehead atoms. The second kappa shape index (κ2) is 7.90. The van der Waals surface area contributed by atoms with Crippen LogP contribution in [-0.2, 0) is 14.4 Å². The zero-order valence-electron chi connectivity index (χ0n) is 15.2. The van der Waals surface area contributed by atoms with Crippen molar-refractivity contribution >= 4 is 34.8 Å². The number of hydrogen-bond acceptors (Lipinski definition) is 4. The van der Waals surface area contributed by atoms with Gasteiger partial charge in [-0.15, -0.1) is 0 Å². The summed E-state index contributed by atoms with van der Waals surface area (Å²) in [5.41, 5.74) is 2.66. The Hall–Kier alpha value is -3.35. The molecule has 27 heavy (non-hydrogen) atoms. The Morgan fingerprint density at radius 3 is 2.22 bits per heavy atom. The van der Waals surface area contributed by atoms with Crippen molar-refractivity contribution < 1.29 is 19.1 Å². The third kappa shape index (κ3) is 4.25. The molecule has 2 N–H and O–H groups in total. The van der Waals surface area contributed by atoms with Crippen LogP contribution in [0.5, 0.6) is 5.75 Å². The van der Waals surface area contributed by atoms with Crippen LogP contribution in [0.4, 0.5) is 17.1 Å². The van der Waals surface area contributed by atoms with Gasteiger partial charge in [0.15, 0.2) is 0 Å². The average molecular weight is 367 g/mol. The molecular formula is C20H21N3O4. The Morgan fingerprint density at radius 1 is 1.00 bits per heavy atom. The maximum Gasteiger partial charge on any atom is 0.314 e. The van der Waals surface area contributed by atoms with Crippen LogP contribution in [0, 0.1) is 6.92 Å². The minimum absolute atomic E-state index is 0.0440. The Kier molecular flexibility index (Phi) is 5.40. The lowest BCUT2D eigenvalue weighted by atomic mass is 10.2. The number of ether oxygens (including phenoxy) is 1. The fraction of sp³-hybridized carbons (Fsp3) is 0.250. The van der Waals surface area contributed by atoms with Gasteiger partial charge >= 0.3 is 11.8 Å². The fourth-order valence-corrected chi connectivity index (χ4v) is 2.89. The van der Waals surface area contributed by atoms with Crippen LogP contribution in [0.2, 0.25) is 0 Å². The predicted octanol–water partition coefficient (Wildman–Crippen LogP) is 2.71. The Balaban J connectivity index is 1.69. The lowest BCUT2D eigenvalue weighted by molar-refractivity contribution is -0.132. The van der Waals surface area contributed by atoms with Gasteiger partial charge in [-0.2, -0.15) is 0 Å². The van der Waals surface area contributed by atoms with E-state index >= 15 is 0 Å².